The zero-order valence-corrected chi connectivity index (χ0v) is 10.5. The van der Waals surface area contributed by atoms with Crippen molar-refractivity contribution < 1.29 is 14.3 Å². The molecule has 6 heteroatoms. The zero-order valence-electron chi connectivity index (χ0n) is 8.93. The maximum absolute atomic E-state index is 12.8. The summed E-state index contributed by atoms with van der Waals surface area (Å²) < 4.78 is 12.8. The van der Waals surface area contributed by atoms with Gasteiger partial charge in [-0.3, -0.25) is 0 Å². The second-order valence-electron chi connectivity index (χ2n) is 3.35. The number of hydrogen-bond acceptors (Lipinski definition) is 3. The predicted molar refractivity (Wildman–Crippen MR) is 66.7 cm³/mol. The van der Waals surface area contributed by atoms with E-state index in [4.69, 9.17) is 16.7 Å². The van der Waals surface area contributed by atoms with Gasteiger partial charge in [0.1, 0.15) is 16.0 Å². The summed E-state index contributed by atoms with van der Waals surface area (Å²) in [4.78, 5) is 15.7. The molecule has 0 bridgehead atoms. The summed E-state index contributed by atoms with van der Waals surface area (Å²) in [7, 11) is 0. The Morgan fingerprint density at radius 3 is 2.50 bits per heavy atom. The third-order valence-electron chi connectivity index (χ3n) is 2.08. The Hall–Kier alpha value is -1.59. The number of carboxylic acids is 1. The Bertz CT molecular complexity index is 589. The van der Waals surface area contributed by atoms with Gasteiger partial charge in [-0.2, -0.15) is 0 Å². The van der Waals surface area contributed by atoms with Gasteiger partial charge in [-0.25, -0.2) is 14.2 Å². The van der Waals surface area contributed by atoms with Crippen LogP contribution in [-0.4, -0.2) is 16.1 Å². The normalized spacial score (nSPS) is 10.3. The molecule has 1 aromatic heterocycles. The predicted octanol–water partition coefficient (Wildman–Crippen LogP) is 3.72. The smallest absolute Gasteiger partial charge is 0.338 e. The molecule has 2 rings (SSSR count). The molecule has 92 valence electrons. The van der Waals surface area contributed by atoms with Crippen molar-refractivity contribution >= 4 is 29.3 Å². The van der Waals surface area contributed by atoms with Crippen LogP contribution in [0.4, 0.5) is 4.39 Å². The Morgan fingerprint density at radius 2 is 1.89 bits per heavy atom. The maximum Gasteiger partial charge on any atom is 0.338 e. The fraction of sp³-hybridized carbons (Fsp3) is 0. The van der Waals surface area contributed by atoms with Gasteiger partial charge in [0.05, 0.1) is 5.56 Å². The molecule has 0 saturated heterocycles. The molecule has 3 nitrogen and oxygen atoms in total. The minimum absolute atomic E-state index is 0.0636. The van der Waals surface area contributed by atoms with Crippen LogP contribution in [0.5, 0.6) is 0 Å². The first-order chi connectivity index (χ1) is 8.56. The van der Waals surface area contributed by atoms with Crippen LogP contribution in [0, 0.1) is 5.82 Å². The fourth-order valence-electron chi connectivity index (χ4n) is 1.27. The second kappa shape index (κ2) is 5.37. The largest absolute Gasteiger partial charge is 0.478 e. The Labute approximate surface area is 112 Å². The van der Waals surface area contributed by atoms with E-state index in [0.717, 1.165) is 11.8 Å². The summed E-state index contributed by atoms with van der Waals surface area (Å²) >= 11 is 6.86. The highest BCUT2D eigenvalue weighted by molar-refractivity contribution is 7.99. The molecule has 0 fully saturated rings. The van der Waals surface area contributed by atoms with Gasteiger partial charge in [0, 0.05) is 4.90 Å². The summed E-state index contributed by atoms with van der Waals surface area (Å²) in [5, 5.41) is 9.51. The standard InChI is InChI=1S/C12H7ClFNO2S/c13-10-6-5-9(12(16)17)11(15-10)18-8-3-1-7(14)2-4-8/h1-6H,(H,16,17). The number of nitrogens with zero attached hydrogens (tertiary/aromatic N) is 1. The van der Waals surface area contributed by atoms with Gasteiger partial charge in [-0.15, -0.1) is 0 Å². The maximum atomic E-state index is 12.8. The molecule has 0 spiro atoms. The summed E-state index contributed by atoms with van der Waals surface area (Å²) in [5.41, 5.74) is 0.0636. The van der Waals surface area contributed by atoms with Crippen LogP contribution in [0.3, 0.4) is 0 Å². The van der Waals surface area contributed by atoms with Crippen LogP contribution in [0.1, 0.15) is 10.4 Å². The first-order valence-corrected chi connectivity index (χ1v) is 6.09. The van der Waals surface area contributed by atoms with Crippen molar-refractivity contribution in [2.45, 2.75) is 9.92 Å². The first-order valence-electron chi connectivity index (χ1n) is 4.89. The Morgan fingerprint density at radius 1 is 1.22 bits per heavy atom. The van der Waals surface area contributed by atoms with E-state index in [9.17, 15) is 9.18 Å². The van der Waals surface area contributed by atoms with Gasteiger partial charge in [-0.1, -0.05) is 23.4 Å². The highest BCUT2D eigenvalue weighted by Crippen LogP contribution is 2.30. The molecular formula is C12H7ClFNO2S. The molecule has 0 amide bonds. The number of aromatic carboxylic acids is 1. The van der Waals surface area contributed by atoms with Gasteiger partial charge in [0.25, 0.3) is 0 Å². The molecule has 1 N–H and O–H groups in total. The average Bonchev–Trinajstić information content (AvgIpc) is 2.32. The number of halogens is 2. The minimum atomic E-state index is -1.08. The number of pyridine rings is 1. The molecule has 0 aliphatic rings. The van der Waals surface area contributed by atoms with E-state index in [1.165, 1.54) is 24.3 Å². The molecule has 0 aliphatic carbocycles. The SMILES string of the molecule is O=C(O)c1ccc(Cl)nc1Sc1ccc(F)cc1. The lowest BCUT2D eigenvalue weighted by molar-refractivity contribution is 0.0692. The van der Waals surface area contributed by atoms with E-state index in [0.29, 0.717) is 4.90 Å². The molecular weight excluding hydrogens is 277 g/mol. The van der Waals surface area contributed by atoms with Crippen LogP contribution in [0.25, 0.3) is 0 Å². The van der Waals surface area contributed by atoms with Crippen LogP contribution in [-0.2, 0) is 0 Å². The quantitative estimate of drug-likeness (QED) is 0.872. The monoisotopic (exact) mass is 283 g/mol. The van der Waals surface area contributed by atoms with Crippen molar-refractivity contribution in [3.8, 4) is 0 Å². The molecule has 0 unspecified atom stereocenters. The van der Waals surface area contributed by atoms with Crippen molar-refractivity contribution in [3.05, 3.63) is 52.9 Å². The van der Waals surface area contributed by atoms with Crippen molar-refractivity contribution in [1.29, 1.82) is 0 Å². The summed E-state index contributed by atoms with van der Waals surface area (Å²) in [5.74, 6) is -1.43. The van der Waals surface area contributed by atoms with E-state index >= 15 is 0 Å². The number of carboxylic acid groups (broad SMARTS) is 1. The molecule has 1 aromatic carbocycles. The van der Waals surface area contributed by atoms with Gasteiger partial charge in [0.2, 0.25) is 0 Å². The number of benzene rings is 1. The third-order valence-corrected chi connectivity index (χ3v) is 3.31. The first kappa shape index (κ1) is 12.9. The highest BCUT2D eigenvalue weighted by atomic mass is 35.5. The van der Waals surface area contributed by atoms with E-state index < -0.39 is 5.97 Å². The van der Waals surface area contributed by atoms with Gasteiger partial charge >= 0.3 is 5.97 Å². The molecule has 0 saturated carbocycles. The van der Waals surface area contributed by atoms with Gasteiger partial charge in [-0.05, 0) is 36.4 Å². The third kappa shape index (κ3) is 3.00. The van der Waals surface area contributed by atoms with Crippen LogP contribution >= 0.6 is 23.4 Å². The zero-order chi connectivity index (χ0) is 13.1. The Balaban J connectivity index is 2.35. The van der Waals surface area contributed by atoms with Crippen molar-refractivity contribution in [2.24, 2.45) is 0 Å². The lowest BCUT2D eigenvalue weighted by Gasteiger charge is -2.05. The van der Waals surface area contributed by atoms with Crippen molar-refractivity contribution in [3.63, 3.8) is 0 Å². The number of carbonyl (C=O) groups is 1. The summed E-state index contributed by atoms with van der Waals surface area (Å²) in [6.45, 7) is 0. The fourth-order valence-corrected chi connectivity index (χ4v) is 2.38. The van der Waals surface area contributed by atoms with E-state index in [2.05, 4.69) is 4.98 Å². The van der Waals surface area contributed by atoms with E-state index in [-0.39, 0.29) is 21.6 Å². The molecule has 2 aromatic rings. The summed E-state index contributed by atoms with van der Waals surface area (Å²) in [6, 6.07) is 8.51. The van der Waals surface area contributed by atoms with Crippen LogP contribution in [0.2, 0.25) is 5.15 Å². The number of aromatic nitrogens is 1. The highest BCUT2D eigenvalue weighted by Gasteiger charge is 2.13. The van der Waals surface area contributed by atoms with E-state index in [1.54, 1.807) is 12.1 Å². The lowest BCUT2D eigenvalue weighted by Crippen LogP contribution is -2.00. The Kier molecular flexibility index (Phi) is 3.84. The van der Waals surface area contributed by atoms with Crippen LogP contribution < -0.4 is 0 Å². The molecule has 0 radical (unpaired) electrons. The number of rotatable bonds is 3. The topological polar surface area (TPSA) is 50.2 Å². The van der Waals surface area contributed by atoms with Crippen LogP contribution in [0.15, 0.2) is 46.3 Å². The molecule has 0 atom stereocenters. The average molecular weight is 284 g/mol. The molecule has 18 heavy (non-hydrogen) atoms. The lowest BCUT2D eigenvalue weighted by atomic mass is 10.3. The van der Waals surface area contributed by atoms with Crippen molar-refractivity contribution in [1.82, 2.24) is 4.98 Å². The van der Waals surface area contributed by atoms with E-state index in [1.807, 2.05) is 0 Å². The molecule has 0 aliphatic heterocycles. The van der Waals surface area contributed by atoms with Gasteiger partial charge < -0.3 is 5.11 Å². The van der Waals surface area contributed by atoms with Gasteiger partial charge in [0.15, 0.2) is 0 Å². The second-order valence-corrected chi connectivity index (χ2v) is 4.80. The van der Waals surface area contributed by atoms with Crippen molar-refractivity contribution in [2.75, 3.05) is 0 Å². The summed E-state index contributed by atoms with van der Waals surface area (Å²) in [6.07, 6.45) is 0. The minimum Gasteiger partial charge on any atom is -0.478 e. The molecule has 1 heterocycles. The number of hydrogen-bond donors (Lipinski definition) is 1.